The fourth-order valence-electron chi connectivity index (χ4n) is 2.68. The topological polar surface area (TPSA) is 74.8 Å². The minimum atomic E-state index is -4.97. The van der Waals surface area contributed by atoms with Crippen LogP contribution in [0.4, 0.5) is 17.6 Å². The molecule has 12 heteroatoms. The summed E-state index contributed by atoms with van der Waals surface area (Å²) in [5.74, 6) is -1.11. The molecule has 1 atom stereocenters. The molecule has 0 saturated carbocycles. The Morgan fingerprint density at radius 2 is 2.00 bits per heavy atom. The van der Waals surface area contributed by atoms with Crippen molar-refractivity contribution in [2.75, 3.05) is 13.7 Å². The third kappa shape index (κ3) is 4.06. The summed E-state index contributed by atoms with van der Waals surface area (Å²) in [5.41, 5.74) is -5.35. The van der Waals surface area contributed by atoms with Gasteiger partial charge in [0, 0.05) is 18.7 Å². The van der Waals surface area contributed by atoms with E-state index in [2.05, 4.69) is 16.6 Å². The smallest absolute Gasteiger partial charge is 0.399 e. The predicted molar refractivity (Wildman–Crippen MR) is 98.2 cm³/mol. The van der Waals surface area contributed by atoms with Gasteiger partial charge in [-0.2, -0.15) is 13.2 Å². The van der Waals surface area contributed by atoms with Crippen LogP contribution in [0.25, 0.3) is 5.70 Å². The molecule has 7 nitrogen and oxygen atoms in total. The summed E-state index contributed by atoms with van der Waals surface area (Å²) in [4.78, 5) is 29.7. The second-order valence-corrected chi connectivity index (χ2v) is 6.22. The van der Waals surface area contributed by atoms with E-state index in [-0.39, 0.29) is 38.1 Å². The first-order valence-corrected chi connectivity index (χ1v) is 8.36. The van der Waals surface area contributed by atoms with E-state index in [1.807, 2.05) is 0 Å². The molecular formula is C17H16ClF4N3O4. The number of aromatic nitrogens is 2. The summed E-state index contributed by atoms with van der Waals surface area (Å²) in [5, 5.41) is 3.47. The van der Waals surface area contributed by atoms with Crippen molar-refractivity contribution in [1.82, 2.24) is 9.13 Å². The Hall–Kier alpha value is -2.66. The van der Waals surface area contributed by atoms with Crippen molar-refractivity contribution in [3.05, 3.63) is 61.7 Å². The lowest BCUT2D eigenvalue weighted by molar-refractivity contribution is -0.144. The first kappa shape index (κ1) is 22.6. The highest BCUT2D eigenvalue weighted by Gasteiger charge is 2.39. The quantitative estimate of drug-likeness (QED) is 0.403. The molecule has 0 radical (unpaired) electrons. The molecule has 0 fully saturated rings. The number of alkyl halides is 3. The molecule has 1 aromatic heterocycles. The van der Waals surface area contributed by atoms with Gasteiger partial charge in [-0.25, -0.2) is 13.8 Å². The zero-order valence-corrected chi connectivity index (χ0v) is 16.3. The van der Waals surface area contributed by atoms with E-state index >= 15 is 4.39 Å². The fraction of sp³-hybridized carbons (Fsp3) is 0.353. The van der Waals surface area contributed by atoms with E-state index < -0.39 is 40.7 Å². The van der Waals surface area contributed by atoms with Gasteiger partial charge in [-0.3, -0.25) is 9.36 Å². The molecule has 1 aliphatic carbocycles. The summed E-state index contributed by atoms with van der Waals surface area (Å²) in [6.07, 6.45) is -5.19. The average molecular weight is 438 g/mol. The molecule has 0 N–H and O–H groups in total. The van der Waals surface area contributed by atoms with Crippen LogP contribution < -0.4 is 11.2 Å². The fourth-order valence-corrected chi connectivity index (χ4v) is 2.90. The zero-order valence-electron chi connectivity index (χ0n) is 15.5. The van der Waals surface area contributed by atoms with Crippen molar-refractivity contribution in [3.8, 4) is 0 Å². The standard InChI is InChI=1S/C17H16ClF4N3O4/c1-5-6-29-15-13(23-28-4)11(18)8(2)12(19)14(15)25-10(26)7-9(17(20,21)22)24(3)16(25)27/h5,7,15H,1,6H2,2-4H3. The summed E-state index contributed by atoms with van der Waals surface area (Å²) in [7, 11) is 1.98. The maximum Gasteiger partial charge on any atom is 0.431 e. The van der Waals surface area contributed by atoms with Crippen LogP contribution >= 0.6 is 11.6 Å². The number of allylic oxidation sites excluding steroid dienone is 2. The van der Waals surface area contributed by atoms with E-state index in [0.717, 1.165) is 7.05 Å². The Balaban J connectivity index is 2.91. The van der Waals surface area contributed by atoms with Crippen molar-refractivity contribution in [2.24, 2.45) is 12.2 Å². The van der Waals surface area contributed by atoms with Gasteiger partial charge in [0.2, 0.25) is 0 Å². The monoisotopic (exact) mass is 437 g/mol. The molecular weight excluding hydrogens is 422 g/mol. The van der Waals surface area contributed by atoms with E-state index in [1.165, 1.54) is 20.1 Å². The van der Waals surface area contributed by atoms with Crippen LogP contribution in [0.5, 0.6) is 0 Å². The summed E-state index contributed by atoms with van der Waals surface area (Å²) < 4.78 is 60.2. The van der Waals surface area contributed by atoms with Crippen LogP contribution in [0.2, 0.25) is 0 Å². The Morgan fingerprint density at radius 3 is 2.52 bits per heavy atom. The summed E-state index contributed by atoms with van der Waals surface area (Å²) in [6, 6.07) is 0.189. The number of halogens is 5. The number of oxime groups is 1. The number of hydrogen-bond donors (Lipinski definition) is 0. The maximum atomic E-state index is 15.1. The first-order chi connectivity index (χ1) is 13.5. The lowest BCUT2D eigenvalue weighted by Gasteiger charge is -2.28. The lowest BCUT2D eigenvalue weighted by Crippen LogP contribution is -2.46. The van der Waals surface area contributed by atoms with Gasteiger partial charge in [-0.05, 0) is 6.92 Å². The normalized spacial score (nSPS) is 19.2. The SMILES string of the molecule is C=CCOC1C(=NOC)C(Cl)=C(C)C(F)=C1n1c(=O)cc(C(F)(F)F)n(C)c1=O. The predicted octanol–water partition coefficient (Wildman–Crippen LogP) is 2.80. The Labute approximate surface area is 166 Å². The van der Waals surface area contributed by atoms with Crippen molar-refractivity contribution >= 4 is 23.0 Å². The molecule has 0 bridgehead atoms. The molecule has 2 rings (SSSR count). The number of hydrogen-bond acceptors (Lipinski definition) is 5. The molecule has 29 heavy (non-hydrogen) atoms. The average Bonchev–Trinajstić information content (AvgIpc) is 2.64. The number of rotatable bonds is 5. The van der Waals surface area contributed by atoms with Crippen LogP contribution in [-0.2, 0) is 22.8 Å². The molecule has 158 valence electrons. The van der Waals surface area contributed by atoms with E-state index in [0.29, 0.717) is 0 Å². The third-order valence-corrected chi connectivity index (χ3v) is 4.50. The van der Waals surface area contributed by atoms with Gasteiger partial charge in [-0.15, -0.1) is 6.58 Å². The molecule has 1 unspecified atom stereocenters. The van der Waals surface area contributed by atoms with E-state index in [4.69, 9.17) is 16.3 Å². The van der Waals surface area contributed by atoms with Crippen LogP contribution in [0.1, 0.15) is 12.6 Å². The summed E-state index contributed by atoms with van der Waals surface area (Å²) >= 11 is 6.10. The lowest BCUT2D eigenvalue weighted by atomic mass is 9.98. The molecule has 0 amide bonds. The van der Waals surface area contributed by atoms with Crippen LogP contribution in [0.15, 0.2) is 49.9 Å². The molecule has 1 aromatic rings. The van der Waals surface area contributed by atoms with Crippen molar-refractivity contribution in [3.63, 3.8) is 0 Å². The van der Waals surface area contributed by atoms with Crippen molar-refractivity contribution < 1.29 is 27.1 Å². The maximum absolute atomic E-state index is 15.1. The van der Waals surface area contributed by atoms with E-state index in [1.54, 1.807) is 0 Å². The van der Waals surface area contributed by atoms with Crippen LogP contribution in [0, 0.1) is 0 Å². The van der Waals surface area contributed by atoms with Gasteiger partial charge in [0.1, 0.15) is 30.3 Å². The third-order valence-electron chi connectivity index (χ3n) is 4.03. The number of nitrogens with zero attached hydrogens (tertiary/aromatic N) is 3. The Bertz CT molecular complexity index is 1050. The Morgan fingerprint density at radius 1 is 1.38 bits per heavy atom. The minimum Gasteiger partial charge on any atom is -0.399 e. The molecule has 0 aliphatic heterocycles. The van der Waals surface area contributed by atoms with Gasteiger partial charge in [0.15, 0.2) is 5.83 Å². The molecule has 0 spiro atoms. The Kier molecular flexibility index (Phi) is 6.53. The highest BCUT2D eigenvalue weighted by atomic mass is 35.5. The highest BCUT2D eigenvalue weighted by molar-refractivity contribution is 6.46. The highest BCUT2D eigenvalue weighted by Crippen LogP contribution is 2.35. The second-order valence-electron chi connectivity index (χ2n) is 5.84. The van der Waals surface area contributed by atoms with Gasteiger partial charge in [0.25, 0.3) is 5.56 Å². The van der Waals surface area contributed by atoms with Gasteiger partial charge >= 0.3 is 11.9 Å². The van der Waals surface area contributed by atoms with E-state index in [9.17, 15) is 22.8 Å². The molecule has 1 heterocycles. The minimum absolute atomic E-state index is 0.168. The van der Waals surface area contributed by atoms with Gasteiger partial charge < -0.3 is 9.57 Å². The van der Waals surface area contributed by atoms with Gasteiger partial charge in [-0.1, -0.05) is 22.8 Å². The zero-order chi connectivity index (χ0) is 22.1. The largest absolute Gasteiger partial charge is 0.431 e. The summed E-state index contributed by atoms with van der Waals surface area (Å²) in [6.45, 7) is 4.51. The van der Waals surface area contributed by atoms with Gasteiger partial charge in [0.05, 0.1) is 11.6 Å². The molecule has 0 saturated heterocycles. The van der Waals surface area contributed by atoms with Crippen LogP contribution in [-0.4, -0.2) is 34.7 Å². The number of ether oxygens (including phenoxy) is 1. The first-order valence-electron chi connectivity index (χ1n) is 7.98. The van der Waals surface area contributed by atoms with Crippen molar-refractivity contribution in [1.29, 1.82) is 0 Å². The molecule has 0 aromatic carbocycles. The van der Waals surface area contributed by atoms with Crippen LogP contribution in [0.3, 0.4) is 0 Å². The molecule has 1 aliphatic rings. The van der Waals surface area contributed by atoms with Crippen molar-refractivity contribution in [2.45, 2.75) is 19.2 Å². The second kappa shape index (κ2) is 8.37.